The fourth-order valence-corrected chi connectivity index (χ4v) is 2.71. The molecule has 0 atom stereocenters. The zero-order valence-corrected chi connectivity index (χ0v) is 12.2. The summed E-state index contributed by atoms with van der Waals surface area (Å²) in [6.45, 7) is 5.99. The number of rotatable bonds is 3. The van der Waals surface area contributed by atoms with Gasteiger partial charge in [0.15, 0.2) is 5.78 Å². The summed E-state index contributed by atoms with van der Waals surface area (Å²) in [5, 5.41) is 0. The molecule has 0 spiro atoms. The number of carbonyl (C=O) groups excluding carboxylic acids is 1. The van der Waals surface area contributed by atoms with Crippen molar-refractivity contribution in [1.82, 2.24) is 4.90 Å². The number of Topliss-reactive ketones (excluding diaryl/α,β-unsaturated/α-hetero) is 1. The fourth-order valence-electron chi connectivity index (χ4n) is 2.03. The molecule has 0 radical (unpaired) electrons. The van der Waals surface area contributed by atoms with Crippen molar-refractivity contribution in [3.63, 3.8) is 0 Å². The van der Waals surface area contributed by atoms with Crippen LogP contribution in [0.5, 0.6) is 0 Å². The predicted octanol–water partition coefficient (Wildman–Crippen LogP) is 2.40. The first kappa shape index (κ1) is 12.8. The third kappa shape index (κ3) is 3.19. The zero-order chi connectivity index (χ0) is 12.3. The molecule has 3 nitrogen and oxygen atoms in total. The van der Waals surface area contributed by atoms with Crippen molar-refractivity contribution < 1.29 is 4.79 Å². The van der Waals surface area contributed by atoms with Gasteiger partial charge in [0, 0.05) is 37.4 Å². The maximum Gasteiger partial charge on any atom is 0.159 e. The molecule has 1 saturated heterocycles. The highest BCUT2D eigenvalue weighted by molar-refractivity contribution is 14.1. The summed E-state index contributed by atoms with van der Waals surface area (Å²) in [7, 11) is 0. The Morgan fingerprint density at radius 2 is 1.76 bits per heavy atom. The van der Waals surface area contributed by atoms with E-state index in [4.69, 9.17) is 0 Å². The molecule has 1 aromatic carbocycles. The van der Waals surface area contributed by atoms with E-state index in [1.807, 2.05) is 12.1 Å². The van der Waals surface area contributed by atoms with E-state index < -0.39 is 0 Å². The Morgan fingerprint density at radius 1 is 1.18 bits per heavy atom. The second-order valence-electron chi connectivity index (χ2n) is 4.33. The van der Waals surface area contributed by atoms with Crippen LogP contribution in [0.3, 0.4) is 0 Å². The Balaban J connectivity index is 2.01. The minimum absolute atomic E-state index is 0.131. The minimum Gasteiger partial charge on any atom is -0.369 e. The topological polar surface area (TPSA) is 23.6 Å². The van der Waals surface area contributed by atoms with E-state index in [-0.39, 0.29) is 5.78 Å². The second kappa shape index (κ2) is 5.82. The first-order valence-corrected chi connectivity index (χ1v) is 7.37. The first-order valence-electron chi connectivity index (χ1n) is 5.85. The SMILES string of the molecule is CC(=O)c1ccc(N2CCN(CI)CC2)cc1. The average molecular weight is 344 g/mol. The van der Waals surface area contributed by atoms with Crippen molar-refractivity contribution >= 4 is 34.1 Å². The van der Waals surface area contributed by atoms with Crippen molar-refractivity contribution in [1.29, 1.82) is 0 Å². The summed E-state index contributed by atoms with van der Waals surface area (Å²) in [5.74, 6) is 0.131. The summed E-state index contributed by atoms with van der Waals surface area (Å²) in [6.07, 6.45) is 0. The molecule has 0 N–H and O–H groups in total. The van der Waals surface area contributed by atoms with Gasteiger partial charge in [-0.3, -0.25) is 9.69 Å². The lowest BCUT2D eigenvalue weighted by atomic mass is 10.1. The van der Waals surface area contributed by atoms with Gasteiger partial charge in [-0.1, -0.05) is 22.6 Å². The molecule has 0 aliphatic carbocycles. The smallest absolute Gasteiger partial charge is 0.159 e. The highest BCUT2D eigenvalue weighted by Gasteiger charge is 2.15. The molecule has 1 aliphatic rings. The predicted molar refractivity (Wildman–Crippen MR) is 79.1 cm³/mol. The number of alkyl halides is 1. The van der Waals surface area contributed by atoms with Crippen LogP contribution >= 0.6 is 22.6 Å². The van der Waals surface area contributed by atoms with Gasteiger partial charge in [0.25, 0.3) is 0 Å². The molecule has 1 aromatic rings. The van der Waals surface area contributed by atoms with Crippen molar-refractivity contribution in [3.8, 4) is 0 Å². The Bertz CT molecular complexity index is 383. The average Bonchev–Trinajstić information content (AvgIpc) is 2.39. The number of nitrogens with zero attached hydrogens (tertiary/aromatic N) is 2. The van der Waals surface area contributed by atoms with E-state index in [9.17, 15) is 4.79 Å². The fraction of sp³-hybridized carbons (Fsp3) is 0.462. The molecule has 0 saturated carbocycles. The van der Waals surface area contributed by atoms with Crippen LogP contribution in [0.25, 0.3) is 0 Å². The highest BCUT2D eigenvalue weighted by atomic mass is 127. The van der Waals surface area contributed by atoms with Gasteiger partial charge in [-0.15, -0.1) is 0 Å². The van der Waals surface area contributed by atoms with Gasteiger partial charge >= 0.3 is 0 Å². The maximum absolute atomic E-state index is 11.2. The third-order valence-electron chi connectivity index (χ3n) is 3.18. The van der Waals surface area contributed by atoms with Gasteiger partial charge in [0.2, 0.25) is 0 Å². The van der Waals surface area contributed by atoms with E-state index in [0.29, 0.717) is 0 Å². The van der Waals surface area contributed by atoms with Gasteiger partial charge in [0.1, 0.15) is 0 Å². The van der Waals surface area contributed by atoms with Crippen LogP contribution in [-0.4, -0.2) is 41.4 Å². The Morgan fingerprint density at radius 3 is 2.24 bits per heavy atom. The largest absolute Gasteiger partial charge is 0.369 e. The van der Waals surface area contributed by atoms with E-state index >= 15 is 0 Å². The minimum atomic E-state index is 0.131. The van der Waals surface area contributed by atoms with Crippen molar-refractivity contribution in [2.75, 3.05) is 35.6 Å². The van der Waals surface area contributed by atoms with E-state index in [0.717, 1.165) is 36.3 Å². The summed E-state index contributed by atoms with van der Waals surface area (Å²) in [6, 6.07) is 7.94. The normalized spacial score (nSPS) is 17.2. The summed E-state index contributed by atoms with van der Waals surface area (Å²) in [5.41, 5.74) is 2.02. The van der Waals surface area contributed by atoms with Gasteiger partial charge in [-0.05, 0) is 31.2 Å². The first-order chi connectivity index (χ1) is 8.20. The number of hydrogen-bond acceptors (Lipinski definition) is 3. The molecule has 2 rings (SSSR count). The standard InChI is InChI=1S/C13H17IN2O/c1-11(17)12-2-4-13(5-3-12)16-8-6-15(10-14)7-9-16/h2-5H,6-10H2,1H3. The maximum atomic E-state index is 11.2. The number of hydrogen-bond donors (Lipinski definition) is 0. The molecule has 0 bridgehead atoms. The molecule has 0 amide bonds. The van der Waals surface area contributed by atoms with Crippen LogP contribution in [0.4, 0.5) is 5.69 Å². The molecule has 4 heteroatoms. The van der Waals surface area contributed by atoms with Crippen LogP contribution in [0, 0.1) is 0 Å². The van der Waals surface area contributed by atoms with Gasteiger partial charge in [-0.2, -0.15) is 0 Å². The van der Waals surface area contributed by atoms with Crippen molar-refractivity contribution in [2.24, 2.45) is 0 Å². The van der Waals surface area contributed by atoms with Crippen LogP contribution < -0.4 is 4.90 Å². The molecular formula is C13H17IN2O. The Hall–Kier alpha value is -0.620. The summed E-state index contributed by atoms with van der Waals surface area (Å²) in [4.78, 5) is 16.0. The van der Waals surface area contributed by atoms with Gasteiger partial charge < -0.3 is 4.90 Å². The second-order valence-corrected chi connectivity index (χ2v) is 5.01. The molecule has 1 fully saturated rings. The molecule has 17 heavy (non-hydrogen) atoms. The number of anilines is 1. The third-order valence-corrected chi connectivity index (χ3v) is 4.15. The van der Waals surface area contributed by atoms with Crippen molar-refractivity contribution in [3.05, 3.63) is 29.8 Å². The van der Waals surface area contributed by atoms with E-state index in [1.165, 1.54) is 5.69 Å². The van der Waals surface area contributed by atoms with Crippen LogP contribution in [0.15, 0.2) is 24.3 Å². The lowest BCUT2D eigenvalue weighted by molar-refractivity contribution is 0.101. The number of carbonyl (C=O) groups is 1. The summed E-state index contributed by atoms with van der Waals surface area (Å²) < 4.78 is 1.11. The number of ketones is 1. The van der Waals surface area contributed by atoms with Gasteiger partial charge in [0.05, 0.1) is 4.55 Å². The Kier molecular flexibility index (Phi) is 4.39. The molecule has 0 aromatic heterocycles. The number of piperazine rings is 1. The number of benzene rings is 1. The molecule has 0 unspecified atom stereocenters. The quantitative estimate of drug-likeness (QED) is 0.364. The lowest BCUT2D eigenvalue weighted by Crippen LogP contribution is -2.45. The highest BCUT2D eigenvalue weighted by Crippen LogP contribution is 2.17. The zero-order valence-electron chi connectivity index (χ0n) is 10.0. The summed E-state index contributed by atoms with van der Waals surface area (Å²) >= 11 is 2.41. The van der Waals surface area contributed by atoms with Gasteiger partial charge in [-0.25, -0.2) is 0 Å². The number of halogens is 1. The Labute approximate surface area is 116 Å². The molecule has 1 heterocycles. The molecular weight excluding hydrogens is 327 g/mol. The monoisotopic (exact) mass is 344 g/mol. The van der Waals surface area contributed by atoms with Crippen molar-refractivity contribution in [2.45, 2.75) is 6.92 Å². The van der Waals surface area contributed by atoms with Crippen LogP contribution in [0.2, 0.25) is 0 Å². The van der Waals surface area contributed by atoms with E-state index in [1.54, 1.807) is 6.92 Å². The molecule has 92 valence electrons. The van der Waals surface area contributed by atoms with Crippen LogP contribution in [0.1, 0.15) is 17.3 Å². The molecule has 1 aliphatic heterocycles. The lowest BCUT2D eigenvalue weighted by Gasteiger charge is -2.35. The van der Waals surface area contributed by atoms with E-state index in [2.05, 4.69) is 44.5 Å². The van der Waals surface area contributed by atoms with Crippen LogP contribution in [-0.2, 0) is 0 Å².